The third-order valence-electron chi connectivity index (χ3n) is 3.96. The Morgan fingerprint density at radius 3 is 2.88 bits per heavy atom. The van der Waals surface area contributed by atoms with Crippen molar-refractivity contribution in [3.63, 3.8) is 0 Å². The molecule has 0 bridgehead atoms. The minimum absolute atomic E-state index is 0.122. The van der Waals surface area contributed by atoms with Crippen molar-refractivity contribution in [1.29, 1.82) is 0 Å². The molecule has 7 nitrogen and oxygen atoms in total. The van der Waals surface area contributed by atoms with Crippen molar-refractivity contribution in [3.8, 4) is 0 Å². The van der Waals surface area contributed by atoms with Crippen LogP contribution in [0.2, 0.25) is 0 Å². The lowest BCUT2D eigenvalue weighted by Crippen LogP contribution is -2.22. The van der Waals surface area contributed by atoms with Gasteiger partial charge in [0.25, 0.3) is 11.5 Å². The molecule has 2 N–H and O–H groups in total. The number of aromatic amines is 1. The van der Waals surface area contributed by atoms with Crippen molar-refractivity contribution in [1.82, 2.24) is 19.3 Å². The number of hydrogen-bond acceptors (Lipinski definition) is 4. The number of carbonyl (C=O) groups is 1. The Morgan fingerprint density at radius 2 is 2.19 bits per heavy atom. The highest BCUT2D eigenvalue weighted by Gasteiger charge is 2.13. The number of H-pyrrole nitrogens is 1. The molecular weight excluding hydrogens is 350 g/mol. The molecule has 0 saturated carbocycles. The Labute approximate surface area is 155 Å². The largest absolute Gasteiger partial charge is 0.332 e. The molecular formula is C18H19N5O2S. The molecule has 1 aromatic carbocycles. The summed E-state index contributed by atoms with van der Waals surface area (Å²) >= 11 is 5.23. The van der Waals surface area contributed by atoms with Crippen molar-refractivity contribution < 1.29 is 4.79 Å². The van der Waals surface area contributed by atoms with Crippen molar-refractivity contribution in [2.24, 2.45) is 0 Å². The molecule has 0 aliphatic heterocycles. The molecule has 0 radical (unpaired) electrons. The van der Waals surface area contributed by atoms with E-state index in [0.717, 1.165) is 0 Å². The van der Waals surface area contributed by atoms with Crippen molar-refractivity contribution >= 4 is 34.8 Å². The van der Waals surface area contributed by atoms with E-state index in [0.29, 0.717) is 28.8 Å². The highest BCUT2D eigenvalue weighted by atomic mass is 32.1. The van der Waals surface area contributed by atoms with Gasteiger partial charge in [0.2, 0.25) is 0 Å². The van der Waals surface area contributed by atoms with Crippen molar-refractivity contribution in [2.45, 2.75) is 26.4 Å². The third-order valence-corrected chi connectivity index (χ3v) is 4.28. The fraction of sp³-hybridized carbons (Fsp3) is 0.222. The second-order valence-corrected chi connectivity index (χ2v) is 6.49. The van der Waals surface area contributed by atoms with Gasteiger partial charge in [-0.25, -0.2) is 4.68 Å². The Kier molecular flexibility index (Phi) is 4.85. The molecule has 2 heterocycles. The third kappa shape index (κ3) is 3.23. The highest BCUT2D eigenvalue weighted by molar-refractivity contribution is 7.71. The van der Waals surface area contributed by atoms with Gasteiger partial charge < -0.3 is 10.3 Å². The van der Waals surface area contributed by atoms with E-state index in [-0.39, 0.29) is 22.3 Å². The van der Waals surface area contributed by atoms with Crippen LogP contribution in [0.15, 0.2) is 47.9 Å². The van der Waals surface area contributed by atoms with Crippen molar-refractivity contribution in [3.05, 3.63) is 63.8 Å². The zero-order valence-corrected chi connectivity index (χ0v) is 15.3. The quantitative estimate of drug-likeness (QED) is 0.534. The molecule has 0 atom stereocenters. The van der Waals surface area contributed by atoms with Gasteiger partial charge in [-0.15, -0.1) is 6.58 Å². The lowest BCUT2D eigenvalue weighted by atomic mass is 10.1. The minimum Gasteiger partial charge on any atom is -0.332 e. The average molecular weight is 369 g/mol. The average Bonchev–Trinajstić information content (AvgIpc) is 3.06. The van der Waals surface area contributed by atoms with Gasteiger partial charge in [-0.1, -0.05) is 6.08 Å². The summed E-state index contributed by atoms with van der Waals surface area (Å²) < 4.78 is 3.43. The van der Waals surface area contributed by atoms with Crippen LogP contribution in [0.25, 0.3) is 10.9 Å². The maximum Gasteiger partial charge on any atom is 0.262 e. The van der Waals surface area contributed by atoms with Gasteiger partial charge in [0.1, 0.15) is 5.82 Å². The van der Waals surface area contributed by atoms with Crippen LogP contribution in [-0.2, 0) is 6.54 Å². The van der Waals surface area contributed by atoms with Crippen LogP contribution in [0.1, 0.15) is 30.2 Å². The number of carbonyl (C=O) groups excluding carboxylic acids is 1. The zero-order valence-electron chi connectivity index (χ0n) is 14.5. The minimum atomic E-state index is -0.288. The van der Waals surface area contributed by atoms with Crippen LogP contribution in [0, 0.1) is 4.77 Å². The first-order valence-electron chi connectivity index (χ1n) is 8.15. The number of fused-ring (bicyclic) bond motifs is 1. The number of anilines is 1. The summed E-state index contributed by atoms with van der Waals surface area (Å²) in [6, 6.07) is 6.72. The van der Waals surface area contributed by atoms with E-state index >= 15 is 0 Å². The van der Waals surface area contributed by atoms with Crippen LogP contribution in [0.4, 0.5) is 5.82 Å². The monoisotopic (exact) mass is 369 g/mol. The number of allylic oxidation sites excluding steroid dienone is 1. The van der Waals surface area contributed by atoms with Crippen LogP contribution in [0.5, 0.6) is 0 Å². The maximum absolute atomic E-state index is 12.6. The van der Waals surface area contributed by atoms with Crippen LogP contribution in [-0.4, -0.2) is 25.2 Å². The van der Waals surface area contributed by atoms with Gasteiger partial charge in [0.05, 0.1) is 17.1 Å². The van der Waals surface area contributed by atoms with E-state index < -0.39 is 0 Å². The van der Waals surface area contributed by atoms with Crippen molar-refractivity contribution in [2.75, 3.05) is 5.32 Å². The molecule has 0 aliphatic carbocycles. The standard InChI is InChI=1S/C18H19N5O2S/c1-4-9-22-17(25)13-6-5-12(10-14(13)20-18(22)26)16(24)21-15-7-8-19-23(15)11(2)3/h4-8,10-11H,1,9H2,2-3H3,(H,20,26)(H,21,24). The van der Waals surface area contributed by atoms with Gasteiger partial charge in [-0.05, 0) is 44.3 Å². The van der Waals surface area contributed by atoms with Crippen LogP contribution >= 0.6 is 12.2 Å². The second-order valence-electron chi connectivity index (χ2n) is 6.10. The summed E-state index contributed by atoms with van der Waals surface area (Å²) in [5.41, 5.74) is 0.722. The van der Waals surface area contributed by atoms with Gasteiger partial charge in [0.15, 0.2) is 4.77 Å². The number of amides is 1. The zero-order chi connectivity index (χ0) is 18.8. The van der Waals surface area contributed by atoms with E-state index in [4.69, 9.17) is 12.2 Å². The Hall–Kier alpha value is -3.00. The van der Waals surface area contributed by atoms with E-state index in [2.05, 4.69) is 22.0 Å². The molecule has 0 fully saturated rings. The highest BCUT2D eigenvalue weighted by Crippen LogP contribution is 2.16. The van der Waals surface area contributed by atoms with E-state index in [1.165, 1.54) is 4.57 Å². The molecule has 1 amide bonds. The number of aromatic nitrogens is 4. The summed E-state index contributed by atoms with van der Waals surface area (Å²) in [4.78, 5) is 28.1. The topological polar surface area (TPSA) is 84.7 Å². The summed E-state index contributed by atoms with van der Waals surface area (Å²) in [6.45, 7) is 7.91. The first kappa shape index (κ1) is 17.8. The summed E-state index contributed by atoms with van der Waals surface area (Å²) in [6.07, 6.45) is 3.24. The number of nitrogens with one attached hydrogen (secondary N) is 2. The Morgan fingerprint density at radius 1 is 1.42 bits per heavy atom. The van der Waals surface area contributed by atoms with Gasteiger partial charge in [-0.2, -0.15) is 5.10 Å². The molecule has 26 heavy (non-hydrogen) atoms. The molecule has 0 saturated heterocycles. The fourth-order valence-electron chi connectivity index (χ4n) is 2.70. The van der Waals surface area contributed by atoms with Gasteiger partial charge in [0, 0.05) is 24.2 Å². The number of nitrogens with zero attached hydrogens (tertiary/aromatic N) is 3. The predicted octanol–water partition coefficient (Wildman–Crippen LogP) is 3.27. The fourth-order valence-corrected chi connectivity index (χ4v) is 2.97. The summed E-state index contributed by atoms with van der Waals surface area (Å²) in [5, 5.41) is 7.49. The SMILES string of the molecule is C=CCn1c(=S)[nH]c2cc(C(=O)Nc3ccnn3C(C)C)ccc2c1=O. The lowest BCUT2D eigenvalue weighted by Gasteiger charge is -2.12. The van der Waals surface area contributed by atoms with E-state index in [9.17, 15) is 9.59 Å². The molecule has 0 aliphatic rings. The first-order valence-corrected chi connectivity index (χ1v) is 8.56. The molecule has 3 rings (SSSR count). The molecule has 0 unspecified atom stereocenters. The Bertz CT molecular complexity index is 1110. The normalized spacial score (nSPS) is 11.0. The molecule has 134 valence electrons. The summed E-state index contributed by atoms with van der Waals surface area (Å²) in [5.74, 6) is 0.323. The van der Waals surface area contributed by atoms with Crippen LogP contribution in [0.3, 0.4) is 0 Å². The second kappa shape index (κ2) is 7.09. The van der Waals surface area contributed by atoms with E-state index in [1.54, 1.807) is 41.2 Å². The molecule has 2 aromatic heterocycles. The number of hydrogen-bond donors (Lipinski definition) is 2. The van der Waals surface area contributed by atoms with E-state index in [1.807, 2.05) is 13.8 Å². The molecule has 0 spiro atoms. The lowest BCUT2D eigenvalue weighted by molar-refractivity contribution is 0.102. The number of benzene rings is 1. The Balaban J connectivity index is 1.98. The van der Waals surface area contributed by atoms with Crippen LogP contribution < -0.4 is 10.9 Å². The molecule has 3 aromatic rings. The van der Waals surface area contributed by atoms with Gasteiger partial charge >= 0.3 is 0 Å². The number of rotatable bonds is 5. The molecule has 8 heteroatoms. The van der Waals surface area contributed by atoms with Gasteiger partial charge in [-0.3, -0.25) is 14.2 Å². The smallest absolute Gasteiger partial charge is 0.262 e. The summed E-state index contributed by atoms with van der Waals surface area (Å²) in [7, 11) is 0. The first-order chi connectivity index (χ1) is 12.4. The maximum atomic E-state index is 12.6. The predicted molar refractivity (Wildman–Crippen MR) is 104 cm³/mol.